The van der Waals surface area contributed by atoms with E-state index in [4.69, 9.17) is 14.2 Å². The highest BCUT2D eigenvalue weighted by Crippen LogP contribution is 2.14. The van der Waals surface area contributed by atoms with Crippen LogP contribution in [0.15, 0.2) is 12.2 Å². The van der Waals surface area contributed by atoms with E-state index < -0.39 is 6.10 Å². The second-order valence-electron chi connectivity index (χ2n) is 13.9. The molecule has 282 valence electrons. The molecule has 0 aromatic rings. The summed E-state index contributed by atoms with van der Waals surface area (Å²) in [6.45, 7) is 6.54. The first kappa shape index (κ1) is 46.1. The van der Waals surface area contributed by atoms with Gasteiger partial charge in [0.1, 0.15) is 13.2 Å². The molecule has 0 aromatic carbocycles. The molecular weight excluding hydrogens is 600 g/mol. The van der Waals surface area contributed by atoms with Crippen molar-refractivity contribution in [2.24, 2.45) is 0 Å². The summed E-state index contributed by atoms with van der Waals surface area (Å²) in [5, 5.41) is 0. The van der Waals surface area contributed by atoms with Crippen LogP contribution in [0.2, 0.25) is 0 Å². The molecule has 0 heterocycles. The summed E-state index contributed by atoms with van der Waals surface area (Å²) in [6.07, 6.45) is 37.7. The van der Waals surface area contributed by atoms with Gasteiger partial charge in [-0.05, 0) is 38.5 Å². The molecule has 0 radical (unpaired) electrons. The van der Waals surface area contributed by atoms with E-state index >= 15 is 0 Å². The molecule has 1 atom stereocenters. The molecule has 0 aromatic heterocycles. The van der Waals surface area contributed by atoms with Gasteiger partial charge in [-0.1, -0.05) is 174 Å². The van der Waals surface area contributed by atoms with Crippen LogP contribution in [0.25, 0.3) is 0 Å². The second kappa shape index (κ2) is 38.0. The zero-order valence-electron chi connectivity index (χ0n) is 32.0. The van der Waals surface area contributed by atoms with Crippen LogP contribution < -0.4 is 0 Å². The third-order valence-electron chi connectivity index (χ3n) is 9.02. The van der Waals surface area contributed by atoms with Crippen molar-refractivity contribution >= 4 is 17.9 Å². The third-order valence-corrected chi connectivity index (χ3v) is 9.02. The number of hydrogen-bond acceptors (Lipinski definition) is 6. The highest BCUT2D eigenvalue weighted by Gasteiger charge is 2.19. The molecule has 0 aliphatic rings. The number of ether oxygens (including phenoxy) is 3. The van der Waals surface area contributed by atoms with Gasteiger partial charge in [-0.3, -0.25) is 14.4 Å². The van der Waals surface area contributed by atoms with Crippen LogP contribution in [0.4, 0.5) is 0 Å². The first-order valence-corrected chi connectivity index (χ1v) is 20.7. The molecule has 6 nitrogen and oxygen atoms in total. The molecule has 0 spiro atoms. The van der Waals surface area contributed by atoms with Crippen LogP contribution in [0.3, 0.4) is 0 Å². The zero-order chi connectivity index (χ0) is 35.2. The molecular formula is C42H78O6. The number of allylic oxidation sites excluding steroid dienone is 2. The van der Waals surface area contributed by atoms with Gasteiger partial charge in [0.2, 0.25) is 0 Å². The van der Waals surface area contributed by atoms with Crippen LogP contribution >= 0.6 is 0 Å². The van der Waals surface area contributed by atoms with Crippen molar-refractivity contribution in [1.82, 2.24) is 0 Å². The number of esters is 3. The predicted octanol–water partition coefficient (Wildman–Crippen LogP) is 12.7. The predicted molar refractivity (Wildman–Crippen MR) is 201 cm³/mol. The van der Waals surface area contributed by atoms with Gasteiger partial charge < -0.3 is 14.2 Å². The van der Waals surface area contributed by atoms with Crippen LogP contribution in [0.1, 0.15) is 220 Å². The molecule has 0 fully saturated rings. The molecule has 0 rings (SSSR count). The first-order chi connectivity index (χ1) is 23.5. The van der Waals surface area contributed by atoms with Gasteiger partial charge in [0.25, 0.3) is 0 Å². The summed E-state index contributed by atoms with van der Waals surface area (Å²) in [5.41, 5.74) is 0. The quantitative estimate of drug-likeness (QED) is 0.0282. The lowest BCUT2D eigenvalue weighted by molar-refractivity contribution is -0.167. The van der Waals surface area contributed by atoms with Crippen molar-refractivity contribution in [3.63, 3.8) is 0 Å². The minimum Gasteiger partial charge on any atom is -0.462 e. The Labute approximate surface area is 297 Å². The van der Waals surface area contributed by atoms with Crippen LogP contribution in [-0.2, 0) is 28.6 Å². The molecule has 48 heavy (non-hydrogen) atoms. The Morgan fingerprint density at radius 1 is 0.396 bits per heavy atom. The standard InChI is InChI=1S/C42H78O6/c1-4-7-10-13-16-18-20-22-23-26-29-32-35-41(44)47-38-39(37-46-40(43)34-31-28-25-15-12-9-6-3)48-42(45)36-33-30-27-24-21-19-17-14-11-8-5-2/h14,17,39H,4-13,15-16,18-38H2,1-3H3/b17-14-. The minimum atomic E-state index is -0.763. The van der Waals surface area contributed by atoms with Gasteiger partial charge in [-0.15, -0.1) is 0 Å². The second-order valence-corrected chi connectivity index (χ2v) is 13.9. The Morgan fingerprint density at radius 3 is 1.10 bits per heavy atom. The molecule has 0 saturated carbocycles. The summed E-state index contributed by atoms with van der Waals surface area (Å²) in [6, 6.07) is 0. The molecule has 0 aliphatic carbocycles. The maximum atomic E-state index is 12.6. The lowest BCUT2D eigenvalue weighted by atomic mass is 10.0. The van der Waals surface area contributed by atoms with Gasteiger partial charge in [0.15, 0.2) is 6.10 Å². The van der Waals surface area contributed by atoms with Gasteiger partial charge in [-0.2, -0.15) is 0 Å². The average molecular weight is 679 g/mol. The van der Waals surface area contributed by atoms with Gasteiger partial charge in [0.05, 0.1) is 0 Å². The van der Waals surface area contributed by atoms with E-state index in [0.717, 1.165) is 64.2 Å². The summed E-state index contributed by atoms with van der Waals surface area (Å²) in [7, 11) is 0. The first-order valence-electron chi connectivity index (χ1n) is 20.7. The number of hydrogen-bond donors (Lipinski definition) is 0. The summed E-state index contributed by atoms with van der Waals surface area (Å²) in [5.74, 6) is -0.885. The van der Waals surface area contributed by atoms with Crippen molar-refractivity contribution in [2.45, 2.75) is 226 Å². The third kappa shape index (κ3) is 35.5. The van der Waals surface area contributed by atoms with E-state index in [9.17, 15) is 14.4 Å². The monoisotopic (exact) mass is 679 g/mol. The van der Waals surface area contributed by atoms with Crippen molar-refractivity contribution in [2.75, 3.05) is 13.2 Å². The highest BCUT2D eigenvalue weighted by molar-refractivity contribution is 5.71. The van der Waals surface area contributed by atoms with E-state index in [1.54, 1.807) is 0 Å². The lowest BCUT2D eigenvalue weighted by Gasteiger charge is -2.18. The summed E-state index contributed by atoms with van der Waals surface area (Å²) in [4.78, 5) is 37.4. The Kier molecular flexibility index (Phi) is 36.5. The van der Waals surface area contributed by atoms with E-state index in [1.807, 2.05) is 0 Å². The molecule has 0 aliphatic heterocycles. The Bertz CT molecular complexity index is 748. The Hall–Kier alpha value is -1.85. The molecule has 6 heteroatoms. The van der Waals surface area contributed by atoms with E-state index in [2.05, 4.69) is 32.9 Å². The lowest BCUT2D eigenvalue weighted by Crippen LogP contribution is -2.30. The summed E-state index contributed by atoms with van der Waals surface area (Å²) < 4.78 is 16.6. The maximum Gasteiger partial charge on any atom is 0.306 e. The minimum absolute atomic E-state index is 0.0701. The topological polar surface area (TPSA) is 78.9 Å². The highest BCUT2D eigenvalue weighted by atomic mass is 16.6. The van der Waals surface area contributed by atoms with Crippen LogP contribution in [-0.4, -0.2) is 37.2 Å². The number of carbonyl (C=O) groups excluding carboxylic acids is 3. The summed E-state index contributed by atoms with van der Waals surface area (Å²) >= 11 is 0. The van der Waals surface area contributed by atoms with E-state index in [-0.39, 0.29) is 31.1 Å². The van der Waals surface area contributed by atoms with Crippen molar-refractivity contribution in [1.29, 1.82) is 0 Å². The van der Waals surface area contributed by atoms with Crippen molar-refractivity contribution in [3.05, 3.63) is 12.2 Å². The SMILES string of the molecule is CCCC/C=C\CCCCCCCC(=O)OC(COC(=O)CCCCCCCCC)COC(=O)CCCCCCCCCCCCCC. The average Bonchev–Trinajstić information content (AvgIpc) is 3.08. The van der Waals surface area contributed by atoms with Crippen LogP contribution in [0.5, 0.6) is 0 Å². The molecule has 0 amide bonds. The Balaban J connectivity index is 4.32. The largest absolute Gasteiger partial charge is 0.462 e. The number of carbonyl (C=O) groups is 3. The van der Waals surface area contributed by atoms with E-state index in [0.29, 0.717) is 19.3 Å². The fourth-order valence-electron chi connectivity index (χ4n) is 5.83. The van der Waals surface area contributed by atoms with Gasteiger partial charge in [-0.25, -0.2) is 0 Å². The van der Waals surface area contributed by atoms with Crippen molar-refractivity contribution < 1.29 is 28.6 Å². The molecule has 0 saturated heterocycles. The van der Waals surface area contributed by atoms with E-state index in [1.165, 1.54) is 116 Å². The van der Waals surface area contributed by atoms with Crippen molar-refractivity contribution in [3.8, 4) is 0 Å². The van der Waals surface area contributed by atoms with Crippen LogP contribution in [0, 0.1) is 0 Å². The number of unbranched alkanes of at least 4 members (excludes halogenated alkanes) is 24. The number of rotatable bonds is 37. The fraction of sp³-hybridized carbons (Fsp3) is 0.881. The molecule has 0 N–H and O–H groups in total. The van der Waals surface area contributed by atoms with Gasteiger partial charge >= 0.3 is 17.9 Å². The smallest absolute Gasteiger partial charge is 0.306 e. The fourth-order valence-corrected chi connectivity index (χ4v) is 5.83. The molecule has 0 bridgehead atoms. The normalized spacial score (nSPS) is 12.0. The molecule has 1 unspecified atom stereocenters. The Morgan fingerprint density at radius 2 is 0.708 bits per heavy atom. The zero-order valence-corrected chi connectivity index (χ0v) is 32.0. The van der Waals surface area contributed by atoms with Gasteiger partial charge in [0, 0.05) is 19.3 Å². The maximum absolute atomic E-state index is 12.6.